The molecule has 1 atom stereocenters. The van der Waals surface area contributed by atoms with Gasteiger partial charge in [-0.3, -0.25) is 9.69 Å². The Balaban J connectivity index is 1.83. The summed E-state index contributed by atoms with van der Waals surface area (Å²) in [6.45, 7) is 3.28. The molecule has 0 spiro atoms. The molecule has 0 aliphatic carbocycles. The van der Waals surface area contributed by atoms with Crippen LogP contribution in [0.4, 0.5) is 0 Å². The number of hydrogen-bond acceptors (Lipinski definition) is 3. The van der Waals surface area contributed by atoms with E-state index in [-0.39, 0.29) is 11.9 Å². The summed E-state index contributed by atoms with van der Waals surface area (Å²) in [6, 6.07) is 13.9. The van der Waals surface area contributed by atoms with Gasteiger partial charge in [0.15, 0.2) is 0 Å². The van der Waals surface area contributed by atoms with Gasteiger partial charge in [-0.1, -0.05) is 30.3 Å². The van der Waals surface area contributed by atoms with Crippen molar-refractivity contribution in [1.82, 2.24) is 10.2 Å². The van der Waals surface area contributed by atoms with Crippen molar-refractivity contribution in [2.75, 3.05) is 7.05 Å². The molecule has 0 aliphatic rings. The number of hydrogen-bond donors (Lipinski definition) is 1. The van der Waals surface area contributed by atoms with Gasteiger partial charge in [-0.25, -0.2) is 0 Å². The smallest absolute Gasteiger partial charge is 0.237 e. The molecule has 1 aromatic heterocycles. The summed E-state index contributed by atoms with van der Waals surface area (Å²) in [5, 5.41) is 2.98. The fourth-order valence-electron chi connectivity index (χ4n) is 1.95. The van der Waals surface area contributed by atoms with Crippen molar-refractivity contribution in [3.05, 3.63) is 56.7 Å². The van der Waals surface area contributed by atoms with Crippen LogP contribution in [0.5, 0.6) is 0 Å². The van der Waals surface area contributed by atoms with Crippen LogP contribution in [0.1, 0.15) is 17.4 Å². The highest BCUT2D eigenvalue weighted by Gasteiger charge is 2.18. The molecule has 112 valence electrons. The minimum atomic E-state index is -0.158. The molecule has 1 aromatic carbocycles. The Labute approximate surface area is 138 Å². The third kappa shape index (κ3) is 4.95. The number of benzene rings is 1. The Hall–Kier alpha value is -1.17. The molecule has 3 nitrogen and oxygen atoms in total. The Morgan fingerprint density at radius 2 is 2.00 bits per heavy atom. The number of rotatable bonds is 6. The van der Waals surface area contributed by atoms with E-state index >= 15 is 0 Å². The summed E-state index contributed by atoms with van der Waals surface area (Å²) in [7, 11) is 1.97. The first-order valence-corrected chi connectivity index (χ1v) is 8.43. The number of nitrogens with one attached hydrogen (secondary N) is 1. The maximum atomic E-state index is 12.2. The number of thiophene rings is 1. The maximum absolute atomic E-state index is 12.2. The van der Waals surface area contributed by atoms with Gasteiger partial charge in [-0.15, -0.1) is 11.3 Å². The van der Waals surface area contributed by atoms with E-state index in [4.69, 9.17) is 0 Å². The number of halogens is 1. The van der Waals surface area contributed by atoms with E-state index in [0.717, 1.165) is 15.9 Å². The third-order valence-corrected chi connectivity index (χ3v) is 4.99. The number of nitrogens with zero attached hydrogens (tertiary/aromatic N) is 1. The van der Waals surface area contributed by atoms with Crippen molar-refractivity contribution in [3.63, 3.8) is 0 Å². The lowest BCUT2D eigenvalue weighted by atomic mass is 10.2. The number of likely N-dealkylation sites (N-methyl/N-ethyl adjacent to an activating group) is 1. The Morgan fingerprint density at radius 3 is 2.62 bits per heavy atom. The minimum absolute atomic E-state index is 0.0528. The quantitative estimate of drug-likeness (QED) is 0.845. The van der Waals surface area contributed by atoms with Gasteiger partial charge < -0.3 is 5.32 Å². The van der Waals surface area contributed by atoms with E-state index in [1.807, 2.05) is 50.4 Å². The SMILES string of the molecule is CC(C(=O)NCc1ccccc1)N(C)Cc1ccc(Br)s1. The highest BCUT2D eigenvalue weighted by Crippen LogP contribution is 2.23. The van der Waals surface area contributed by atoms with E-state index in [1.54, 1.807) is 11.3 Å². The van der Waals surface area contributed by atoms with E-state index < -0.39 is 0 Å². The minimum Gasteiger partial charge on any atom is -0.351 e. The highest BCUT2D eigenvalue weighted by molar-refractivity contribution is 9.11. The van der Waals surface area contributed by atoms with Gasteiger partial charge in [-0.2, -0.15) is 0 Å². The molecule has 0 saturated carbocycles. The van der Waals surface area contributed by atoms with Crippen LogP contribution in [-0.4, -0.2) is 23.9 Å². The lowest BCUT2D eigenvalue weighted by Crippen LogP contribution is -2.42. The van der Waals surface area contributed by atoms with E-state index in [0.29, 0.717) is 6.54 Å². The molecule has 0 radical (unpaired) electrons. The number of carbonyl (C=O) groups is 1. The van der Waals surface area contributed by atoms with Crippen molar-refractivity contribution in [2.45, 2.75) is 26.1 Å². The van der Waals surface area contributed by atoms with E-state index in [1.165, 1.54) is 4.88 Å². The lowest BCUT2D eigenvalue weighted by molar-refractivity contribution is -0.125. The third-order valence-electron chi connectivity index (χ3n) is 3.38. The van der Waals surface area contributed by atoms with Gasteiger partial charge in [0, 0.05) is 18.0 Å². The predicted octanol–water partition coefficient (Wildman–Crippen LogP) is 3.65. The molecule has 1 N–H and O–H groups in total. The van der Waals surface area contributed by atoms with E-state index in [2.05, 4.69) is 32.2 Å². The average Bonchev–Trinajstić information content (AvgIpc) is 2.90. The normalized spacial score (nSPS) is 12.4. The molecule has 1 unspecified atom stereocenters. The van der Waals surface area contributed by atoms with Crippen molar-refractivity contribution >= 4 is 33.2 Å². The molecule has 1 amide bonds. The molecule has 2 aromatic rings. The second-order valence-electron chi connectivity index (χ2n) is 5.00. The molecule has 0 aliphatic heterocycles. The van der Waals surface area contributed by atoms with Crippen molar-refractivity contribution < 1.29 is 4.79 Å². The molecule has 0 bridgehead atoms. The topological polar surface area (TPSA) is 32.3 Å². The second-order valence-corrected chi connectivity index (χ2v) is 7.55. The van der Waals surface area contributed by atoms with Crippen LogP contribution in [0.3, 0.4) is 0 Å². The summed E-state index contributed by atoms with van der Waals surface area (Å²) >= 11 is 5.16. The monoisotopic (exact) mass is 366 g/mol. The Bertz CT molecular complexity index is 585. The fraction of sp³-hybridized carbons (Fsp3) is 0.312. The van der Waals surface area contributed by atoms with Crippen LogP contribution in [0.25, 0.3) is 0 Å². The molecule has 2 rings (SSSR count). The van der Waals surface area contributed by atoms with Gasteiger partial charge in [0.25, 0.3) is 0 Å². The van der Waals surface area contributed by atoms with Crippen LogP contribution < -0.4 is 5.32 Å². The zero-order chi connectivity index (χ0) is 15.2. The standard InChI is InChI=1S/C16H19BrN2OS/c1-12(19(2)11-14-8-9-15(17)21-14)16(20)18-10-13-6-4-3-5-7-13/h3-9,12H,10-11H2,1-2H3,(H,18,20). The first-order valence-electron chi connectivity index (χ1n) is 6.82. The fourth-order valence-corrected chi connectivity index (χ4v) is 3.50. The molecular weight excluding hydrogens is 348 g/mol. The summed E-state index contributed by atoms with van der Waals surface area (Å²) < 4.78 is 1.12. The zero-order valence-electron chi connectivity index (χ0n) is 12.2. The predicted molar refractivity (Wildman–Crippen MR) is 91.2 cm³/mol. The lowest BCUT2D eigenvalue weighted by Gasteiger charge is -2.23. The van der Waals surface area contributed by atoms with Gasteiger partial charge >= 0.3 is 0 Å². The second kappa shape index (κ2) is 7.73. The maximum Gasteiger partial charge on any atom is 0.237 e. The molecule has 0 fully saturated rings. The van der Waals surface area contributed by atoms with Crippen molar-refractivity contribution in [2.24, 2.45) is 0 Å². The number of carbonyl (C=O) groups excluding carboxylic acids is 1. The average molecular weight is 367 g/mol. The van der Waals surface area contributed by atoms with Gasteiger partial charge in [0.1, 0.15) is 0 Å². The first kappa shape index (κ1) is 16.2. The highest BCUT2D eigenvalue weighted by atomic mass is 79.9. The number of amides is 1. The van der Waals surface area contributed by atoms with Crippen LogP contribution in [-0.2, 0) is 17.9 Å². The summed E-state index contributed by atoms with van der Waals surface area (Å²) in [4.78, 5) is 15.5. The summed E-state index contributed by atoms with van der Waals surface area (Å²) in [5.74, 6) is 0.0528. The summed E-state index contributed by atoms with van der Waals surface area (Å²) in [6.07, 6.45) is 0. The largest absolute Gasteiger partial charge is 0.351 e. The van der Waals surface area contributed by atoms with Crippen LogP contribution in [0.2, 0.25) is 0 Å². The zero-order valence-corrected chi connectivity index (χ0v) is 14.6. The van der Waals surface area contributed by atoms with Crippen LogP contribution >= 0.6 is 27.3 Å². The van der Waals surface area contributed by atoms with Gasteiger partial charge in [0.2, 0.25) is 5.91 Å². The van der Waals surface area contributed by atoms with Crippen molar-refractivity contribution in [1.29, 1.82) is 0 Å². The van der Waals surface area contributed by atoms with Crippen LogP contribution in [0.15, 0.2) is 46.3 Å². The van der Waals surface area contributed by atoms with E-state index in [9.17, 15) is 4.79 Å². The molecule has 0 saturated heterocycles. The summed E-state index contributed by atoms with van der Waals surface area (Å²) in [5.41, 5.74) is 1.11. The van der Waals surface area contributed by atoms with Gasteiger partial charge in [-0.05, 0) is 47.6 Å². The Morgan fingerprint density at radius 1 is 1.29 bits per heavy atom. The molecule has 1 heterocycles. The molecule has 21 heavy (non-hydrogen) atoms. The molecule has 5 heteroatoms. The molecular formula is C16H19BrN2OS. The van der Waals surface area contributed by atoms with Gasteiger partial charge in [0.05, 0.1) is 9.83 Å². The Kier molecular flexibility index (Phi) is 5.96. The first-order chi connectivity index (χ1) is 10.1. The van der Waals surface area contributed by atoms with Crippen LogP contribution in [0, 0.1) is 0 Å². The van der Waals surface area contributed by atoms with Crippen molar-refractivity contribution in [3.8, 4) is 0 Å².